The molecule has 1 aromatic carbocycles. The zero-order valence-electron chi connectivity index (χ0n) is 8.57. The van der Waals surface area contributed by atoms with Crippen LogP contribution >= 0.6 is 38.5 Å². The molecule has 17 heavy (non-hydrogen) atoms. The highest BCUT2D eigenvalue weighted by molar-refractivity contribution is 14.1. The number of nitrogens with one attached hydrogen (secondary N) is 1. The number of nitrogens with zero attached hydrogens (tertiary/aromatic N) is 1. The smallest absolute Gasteiger partial charge is 0.283 e. The Bertz CT molecular complexity index is 490. The molecule has 1 amide bonds. The van der Waals surface area contributed by atoms with Crippen LogP contribution in [0.2, 0.25) is 0 Å². The molecule has 0 aliphatic rings. The van der Waals surface area contributed by atoms with Crippen LogP contribution in [0, 0.1) is 13.7 Å². The molecule has 0 aromatic heterocycles. The molecule has 0 radical (unpaired) electrons. The Morgan fingerprint density at radius 3 is 2.76 bits per heavy atom. The molecule has 0 bridgehead atoms. The van der Waals surface area contributed by atoms with Crippen molar-refractivity contribution in [3.8, 4) is 0 Å². The Kier molecular flexibility index (Phi) is 5.06. The van der Waals surface area contributed by atoms with Crippen molar-refractivity contribution in [3.63, 3.8) is 0 Å². The van der Waals surface area contributed by atoms with Crippen LogP contribution in [-0.2, 0) is 0 Å². The van der Waals surface area contributed by atoms with Gasteiger partial charge in [0.2, 0.25) is 0 Å². The molecule has 7 heteroatoms. The predicted octanol–water partition coefficient (Wildman–Crippen LogP) is 2.84. The second-order valence-electron chi connectivity index (χ2n) is 3.12. The first kappa shape index (κ1) is 14.1. The van der Waals surface area contributed by atoms with Gasteiger partial charge in [-0.15, -0.1) is 0 Å². The number of carbonyl (C=O) groups excluding carboxylic acids is 1. The summed E-state index contributed by atoms with van der Waals surface area (Å²) in [6.45, 7) is 3.78. The molecule has 0 aliphatic carbocycles. The van der Waals surface area contributed by atoms with Gasteiger partial charge >= 0.3 is 0 Å². The van der Waals surface area contributed by atoms with E-state index in [1.165, 1.54) is 12.1 Å². The normalized spacial score (nSPS) is 9.76. The summed E-state index contributed by atoms with van der Waals surface area (Å²) in [6, 6.07) is 4.44. The standard InChI is InChI=1S/C10H8BrIN2O3/c1-6(11)5-13-10(15)8-3-2-7(12)4-9(8)14(16)17/h2-4H,1,5H2,(H,13,15). The van der Waals surface area contributed by atoms with Gasteiger partial charge in [-0.1, -0.05) is 22.5 Å². The fourth-order valence-electron chi connectivity index (χ4n) is 1.12. The van der Waals surface area contributed by atoms with Crippen LogP contribution in [0.3, 0.4) is 0 Å². The molecule has 1 N–H and O–H groups in total. The summed E-state index contributed by atoms with van der Waals surface area (Å²) in [5.74, 6) is -0.492. The van der Waals surface area contributed by atoms with Crippen LogP contribution in [0.4, 0.5) is 5.69 Å². The number of carbonyl (C=O) groups is 1. The SMILES string of the molecule is C=C(Br)CNC(=O)c1ccc(I)cc1[N+](=O)[O-]. The van der Waals surface area contributed by atoms with Gasteiger partial charge in [-0.3, -0.25) is 14.9 Å². The topological polar surface area (TPSA) is 72.2 Å². The van der Waals surface area contributed by atoms with Gasteiger partial charge in [0.05, 0.1) is 4.92 Å². The molecule has 0 saturated heterocycles. The Balaban J connectivity index is 3.00. The molecule has 1 rings (SSSR count). The minimum Gasteiger partial charge on any atom is -0.347 e. The van der Waals surface area contributed by atoms with E-state index in [0.29, 0.717) is 8.05 Å². The third-order valence-corrected chi connectivity index (χ3v) is 2.79. The van der Waals surface area contributed by atoms with Crippen molar-refractivity contribution in [2.75, 3.05) is 6.54 Å². The number of benzene rings is 1. The lowest BCUT2D eigenvalue weighted by molar-refractivity contribution is -0.385. The van der Waals surface area contributed by atoms with Crippen molar-refractivity contribution in [3.05, 3.63) is 48.5 Å². The second-order valence-corrected chi connectivity index (χ2v) is 5.49. The summed E-state index contributed by atoms with van der Waals surface area (Å²) in [4.78, 5) is 21.9. The number of hydrogen-bond donors (Lipinski definition) is 1. The molecular weight excluding hydrogens is 403 g/mol. The number of halogens is 2. The molecule has 1 aromatic rings. The van der Waals surface area contributed by atoms with Crippen LogP contribution in [0.5, 0.6) is 0 Å². The molecule has 0 atom stereocenters. The lowest BCUT2D eigenvalue weighted by atomic mass is 10.1. The average Bonchev–Trinajstić information content (AvgIpc) is 2.25. The van der Waals surface area contributed by atoms with Gasteiger partial charge in [0.25, 0.3) is 11.6 Å². The summed E-state index contributed by atoms with van der Waals surface area (Å²) < 4.78 is 1.30. The molecule has 0 aliphatic heterocycles. The Labute approximate surface area is 120 Å². The maximum Gasteiger partial charge on any atom is 0.283 e. The third kappa shape index (κ3) is 4.08. The van der Waals surface area contributed by atoms with Crippen LogP contribution in [0.15, 0.2) is 29.3 Å². The van der Waals surface area contributed by atoms with Crippen molar-refractivity contribution in [1.82, 2.24) is 5.32 Å². The molecule has 0 spiro atoms. The molecule has 0 saturated carbocycles. The van der Waals surface area contributed by atoms with Crippen LogP contribution in [0.1, 0.15) is 10.4 Å². The average molecular weight is 411 g/mol. The molecular formula is C10H8BrIN2O3. The maximum absolute atomic E-state index is 11.7. The Hall–Kier alpha value is -0.960. The van der Waals surface area contributed by atoms with E-state index in [1.807, 2.05) is 22.6 Å². The van der Waals surface area contributed by atoms with E-state index in [2.05, 4.69) is 27.8 Å². The Morgan fingerprint density at radius 1 is 1.59 bits per heavy atom. The van der Waals surface area contributed by atoms with E-state index < -0.39 is 10.8 Å². The van der Waals surface area contributed by atoms with E-state index in [4.69, 9.17) is 0 Å². The van der Waals surface area contributed by atoms with Crippen molar-refractivity contribution in [2.24, 2.45) is 0 Å². The zero-order valence-corrected chi connectivity index (χ0v) is 12.3. The number of rotatable bonds is 4. The van der Waals surface area contributed by atoms with Crippen LogP contribution in [0.25, 0.3) is 0 Å². The largest absolute Gasteiger partial charge is 0.347 e. The molecule has 0 unspecified atom stereocenters. The Morgan fingerprint density at radius 2 is 2.24 bits per heavy atom. The number of hydrogen-bond acceptors (Lipinski definition) is 3. The maximum atomic E-state index is 11.7. The first-order chi connectivity index (χ1) is 7.91. The molecule has 90 valence electrons. The minimum atomic E-state index is -0.569. The number of amides is 1. The summed E-state index contributed by atoms with van der Waals surface area (Å²) in [7, 11) is 0. The van der Waals surface area contributed by atoms with Gasteiger partial charge in [0.15, 0.2) is 0 Å². The van der Waals surface area contributed by atoms with Crippen molar-refractivity contribution < 1.29 is 9.72 Å². The van der Waals surface area contributed by atoms with Gasteiger partial charge in [0, 0.05) is 20.7 Å². The van der Waals surface area contributed by atoms with Gasteiger partial charge in [-0.25, -0.2) is 0 Å². The van der Waals surface area contributed by atoms with Gasteiger partial charge in [-0.2, -0.15) is 0 Å². The first-order valence-corrected chi connectivity index (χ1v) is 6.34. The predicted molar refractivity (Wildman–Crippen MR) is 76.2 cm³/mol. The summed E-state index contributed by atoms with van der Waals surface area (Å²) in [5.41, 5.74) is -0.154. The quantitative estimate of drug-likeness (QED) is 0.471. The summed E-state index contributed by atoms with van der Waals surface area (Å²) >= 11 is 5.04. The van der Waals surface area contributed by atoms with E-state index in [1.54, 1.807) is 6.07 Å². The number of nitro benzene ring substituents is 1. The molecule has 0 fully saturated rings. The van der Waals surface area contributed by atoms with E-state index in [0.717, 1.165) is 0 Å². The fraction of sp³-hybridized carbons (Fsp3) is 0.100. The molecule has 0 heterocycles. The van der Waals surface area contributed by atoms with Crippen molar-refractivity contribution >= 4 is 50.1 Å². The zero-order chi connectivity index (χ0) is 13.0. The lowest BCUT2D eigenvalue weighted by Gasteiger charge is -2.05. The van der Waals surface area contributed by atoms with Gasteiger partial charge < -0.3 is 5.32 Å². The third-order valence-electron chi connectivity index (χ3n) is 1.84. The fourth-order valence-corrected chi connectivity index (χ4v) is 1.73. The van der Waals surface area contributed by atoms with Crippen molar-refractivity contribution in [2.45, 2.75) is 0 Å². The highest BCUT2D eigenvalue weighted by atomic mass is 127. The van der Waals surface area contributed by atoms with Crippen molar-refractivity contribution in [1.29, 1.82) is 0 Å². The summed E-state index contributed by atoms with van der Waals surface area (Å²) in [6.07, 6.45) is 0. The second kappa shape index (κ2) is 6.10. The van der Waals surface area contributed by atoms with E-state index in [-0.39, 0.29) is 17.8 Å². The van der Waals surface area contributed by atoms with E-state index >= 15 is 0 Å². The number of nitro groups is 1. The highest BCUT2D eigenvalue weighted by Gasteiger charge is 2.19. The van der Waals surface area contributed by atoms with Gasteiger partial charge in [0.1, 0.15) is 5.56 Å². The van der Waals surface area contributed by atoms with E-state index in [9.17, 15) is 14.9 Å². The molecule has 5 nitrogen and oxygen atoms in total. The van der Waals surface area contributed by atoms with Crippen LogP contribution in [-0.4, -0.2) is 17.4 Å². The highest BCUT2D eigenvalue weighted by Crippen LogP contribution is 2.21. The first-order valence-electron chi connectivity index (χ1n) is 4.47. The lowest BCUT2D eigenvalue weighted by Crippen LogP contribution is -2.25. The summed E-state index contributed by atoms with van der Waals surface area (Å²) in [5, 5.41) is 13.3. The van der Waals surface area contributed by atoms with Crippen LogP contribution < -0.4 is 5.32 Å². The monoisotopic (exact) mass is 410 g/mol. The minimum absolute atomic E-state index is 0.0455. The van der Waals surface area contributed by atoms with Gasteiger partial charge in [-0.05, 0) is 34.7 Å².